The van der Waals surface area contributed by atoms with Gasteiger partial charge in [-0.2, -0.15) is 0 Å². The quantitative estimate of drug-likeness (QED) is 0.181. The normalized spacial score (nSPS) is 18.1. The molecule has 2 heteroatoms. The SMILES string of the molecule is C1=CC2c3ccccc3N(c3ccc(C=Cc4ccc(B5c6ccccc6-c6ccccc65)cc4)cc3)C2C=C1. The maximum absolute atomic E-state index is 2.48. The van der Waals surface area contributed by atoms with Crippen LogP contribution in [0.4, 0.5) is 11.4 Å². The summed E-state index contributed by atoms with van der Waals surface area (Å²) in [6.07, 6.45) is 13.4. The molecule has 5 aromatic carbocycles. The van der Waals surface area contributed by atoms with E-state index in [1.54, 1.807) is 0 Å². The molecule has 0 radical (unpaired) electrons. The van der Waals surface area contributed by atoms with Crippen LogP contribution < -0.4 is 21.3 Å². The van der Waals surface area contributed by atoms with Gasteiger partial charge in [0.2, 0.25) is 6.71 Å². The van der Waals surface area contributed by atoms with Crippen molar-refractivity contribution in [2.75, 3.05) is 4.90 Å². The molecule has 2 unspecified atom stereocenters. The van der Waals surface area contributed by atoms with Gasteiger partial charge in [0.15, 0.2) is 0 Å². The molecule has 0 aromatic heterocycles. The van der Waals surface area contributed by atoms with Gasteiger partial charge in [-0.1, -0.05) is 156 Å². The molecule has 1 aliphatic carbocycles. The Morgan fingerprint density at radius 3 is 1.82 bits per heavy atom. The van der Waals surface area contributed by atoms with Crippen LogP contribution >= 0.6 is 0 Å². The van der Waals surface area contributed by atoms with Crippen LogP contribution in [0.15, 0.2) is 146 Å². The molecular weight excluding hydrogens is 481 g/mol. The van der Waals surface area contributed by atoms with Gasteiger partial charge in [-0.05, 0) is 46.0 Å². The summed E-state index contributed by atoms with van der Waals surface area (Å²) < 4.78 is 0. The van der Waals surface area contributed by atoms with Gasteiger partial charge in [0.25, 0.3) is 0 Å². The molecule has 2 atom stereocenters. The van der Waals surface area contributed by atoms with E-state index in [0.717, 1.165) is 0 Å². The number of allylic oxidation sites excluding steroid dienone is 2. The first-order valence-corrected chi connectivity index (χ1v) is 14.1. The van der Waals surface area contributed by atoms with E-state index in [9.17, 15) is 0 Å². The third kappa shape index (κ3) is 3.72. The Bertz CT molecular complexity index is 1760. The molecule has 5 aromatic rings. The third-order valence-electron chi connectivity index (χ3n) is 8.70. The fraction of sp³-hybridized carbons (Fsp3) is 0.0526. The van der Waals surface area contributed by atoms with Crippen molar-refractivity contribution in [2.24, 2.45) is 0 Å². The van der Waals surface area contributed by atoms with Crippen molar-refractivity contribution in [3.8, 4) is 11.1 Å². The third-order valence-corrected chi connectivity index (χ3v) is 8.70. The van der Waals surface area contributed by atoms with E-state index in [1.165, 1.54) is 55.6 Å². The molecule has 0 saturated carbocycles. The van der Waals surface area contributed by atoms with Gasteiger partial charge in [0.1, 0.15) is 0 Å². The van der Waals surface area contributed by atoms with Crippen molar-refractivity contribution in [3.63, 3.8) is 0 Å². The van der Waals surface area contributed by atoms with Gasteiger partial charge in [0, 0.05) is 17.3 Å². The number of hydrogen-bond acceptors (Lipinski definition) is 1. The minimum Gasteiger partial charge on any atom is -0.333 e. The Morgan fingerprint density at radius 2 is 1.12 bits per heavy atom. The second-order valence-corrected chi connectivity index (χ2v) is 10.9. The first-order chi connectivity index (χ1) is 19.8. The number of nitrogens with zero attached hydrogens (tertiary/aromatic N) is 1. The molecule has 0 saturated heterocycles. The Morgan fingerprint density at radius 1 is 0.550 bits per heavy atom. The van der Waals surface area contributed by atoms with E-state index >= 15 is 0 Å². The van der Waals surface area contributed by atoms with Gasteiger partial charge >= 0.3 is 0 Å². The summed E-state index contributed by atoms with van der Waals surface area (Å²) >= 11 is 0. The molecule has 0 bridgehead atoms. The van der Waals surface area contributed by atoms with E-state index in [1.807, 2.05) is 0 Å². The summed E-state index contributed by atoms with van der Waals surface area (Å²) in [6, 6.07) is 44.8. The number of para-hydroxylation sites is 1. The molecule has 40 heavy (non-hydrogen) atoms. The highest BCUT2D eigenvalue weighted by atomic mass is 15.2. The monoisotopic (exact) mass is 509 g/mol. The lowest BCUT2D eigenvalue weighted by Gasteiger charge is -2.28. The van der Waals surface area contributed by atoms with Crippen LogP contribution in [0, 0.1) is 0 Å². The molecule has 0 spiro atoms. The van der Waals surface area contributed by atoms with Crippen LogP contribution in [0.5, 0.6) is 0 Å². The Labute approximate surface area is 236 Å². The first-order valence-electron chi connectivity index (χ1n) is 14.1. The molecule has 8 rings (SSSR count). The predicted molar refractivity (Wildman–Crippen MR) is 172 cm³/mol. The van der Waals surface area contributed by atoms with Crippen molar-refractivity contribution in [1.29, 1.82) is 0 Å². The highest BCUT2D eigenvalue weighted by Crippen LogP contribution is 2.47. The smallest absolute Gasteiger partial charge is 0.242 e. The van der Waals surface area contributed by atoms with E-state index in [4.69, 9.17) is 0 Å². The highest BCUT2D eigenvalue weighted by molar-refractivity contribution is 6.99. The summed E-state index contributed by atoms with van der Waals surface area (Å²) in [6.45, 7) is 0.294. The average Bonchev–Trinajstić information content (AvgIpc) is 3.54. The molecule has 2 aliphatic heterocycles. The number of hydrogen-bond donors (Lipinski definition) is 0. The molecular formula is C38H28BN. The van der Waals surface area contributed by atoms with E-state index in [2.05, 4.69) is 163 Å². The Hall–Kier alpha value is -4.82. The molecule has 188 valence electrons. The summed E-state index contributed by atoms with van der Waals surface area (Å²) in [7, 11) is 0. The largest absolute Gasteiger partial charge is 0.333 e. The second-order valence-electron chi connectivity index (χ2n) is 10.9. The van der Waals surface area contributed by atoms with Gasteiger partial charge < -0.3 is 4.90 Å². The predicted octanol–water partition coefficient (Wildman–Crippen LogP) is 7.08. The van der Waals surface area contributed by atoms with E-state index in [0.29, 0.717) is 18.7 Å². The van der Waals surface area contributed by atoms with Crippen molar-refractivity contribution in [3.05, 3.63) is 162 Å². The molecule has 0 fully saturated rings. The van der Waals surface area contributed by atoms with Crippen LogP contribution in [-0.2, 0) is 0 Å². The lowest BCUT2D eigenvalue weighted by Crippen LogP contribution is -2.48. The number of rotatable bonds is 4. The van der Waals surface area contributed by atoms with Crippen LogP contribution in [-0.4, -0.2) is 12.8 Å². The molecule has 1 nitrogen and oxygen atoms in total. The zero-order valence-corrected chi connectivity index (χ0v) is 22.2. The number of benzene rings is 5. The highest BCUT2D eigenvalue weighted by Gasteiger charge is 2.37. The van der Waals surface area contributed by atoms with Crippen LogP contribution in [0.1, 0.15) is 22.6 Å². The fourth-order valence-corrected chi connectivity index (χ4v) is 6.84. The van der Waals surface area contributed by atoms with Crippen LogP contribution in [0.3, 0.4) is 0 Å². The zero-order valence-electron chi connectivity index (χ0n) is 22.2. The second kappa shape index (κ2) is 9.43. The first kappa shape index (κ1) is 23.1. The summed E-state index contributed by atoms with van der Waals surface area (Å²) in [4.78, 5) is 2.48. The fourth-order valence-electron chi connectivity index (χ4n) is 6.84. The topological polar surface area (TPSA) is 3.24 Å². The Kier molecular flexibility index (Phi) is 5.45. The average molecular weight is 509 g/mol. The molecule has 3 aliphatic rings. The van der Waals surface area contributed by atoms with E-state index in [-0.39, 0.29) is 0 Å². The van der Waals surface area contributed by atoms with Crippen LogP contribution in [0.2, 0.25) is 0 Å². The van der Waals surface area contributed by atoms with Gasteiger partial charge in [-0.25, -0.2) is 0 Å². The minimum absolute atomic E-state index is 0.294. The number of fused-ring (bicyclic) bond motifs is 6. The van der Waals surface area contributed by atoms with E-state index < -0.39 is 0 Å². The summed E-state index contributed by atoms with van der Waals surface area (Å²) in [5, 5.41) is 0. The van der Waals surface area contributed by atoms with Gasteiger partial charge in [0.05, 0.1) is 6.04 Å². The van der Waals surface area contributed by atoms with Gasteiger partial charge in [-0.15, -0.1) is 0 Å². The van der Waals surface area contributed by atoms with Crippen molar-refractivity contribution in [2.45, 2.75) is 12.0 Å². The maximum Gasteiger partial charge on any atom is 0.242 e. The van der Waals surface area contributed by atoms with Crippen LogP contribution in [0.25, 0.3) is 23.3 Å². The molecule has 2 heterocycles. The van der Waals surface area contributed by atoms with Crippen molar-refractivity contribution in [1.82, 2.24) is 0 Å². The Balaban J connectivity index is 1.03. The van der Waals surface area contributed by atoms with Gasteiger partial charge in [-0.3, -0.25) is 0 Å². The lowest BCUT2D eigenvalue weighted by molar-refractivity contribution is 0.745. The minimum atomic E-state index is 0.294. The summed E-state index contributed by atoms with van der Waals surface area (Å²) in [5.74, 6) is 0.412. The zero-order chi connectivity index (χ0) is 26.5. The lowest BCUT2D eigenvalue weighted by atomic mass is 9.39. The maximum atomic E-state index is 2.48. The number of anilines is 2. The molecule has 0 amide bonds. The van der Waals surface area contributed by atoms with Crippen molar-refractivity contribution < 1.29 is 0 Å². The molecule has 0 N–H and O–H groups in total. The summed E-state index contributed by atoms with van der Waals surface area (Å²) in [5.41, 5.74) is 13.2. The van der Waals surface area contributed by atoms with Crippen molar-refractivity contribution >= 4 is 46.6 Å². The standard InChI is InChI=1S/C38H28BN/c1-5-13-35-31(9-1)32-10-2-6-14-36(32)39(35)29-23-19-27(20-24-29)17-18-28-21-25-30(26-22-28)40-37-15-7-3-11-33(37)34-12-4-8-16-38(34)40/h1-26,33,37H.